The van der Waals surface area contributed by atoms with Gasteiger partial charge in [0.25, 0.3) is 0 Å². The SMILES string of the molecule is C=C1/C=C/[C@@H](C(C)C)CC/C(C)=C/CC1.C=C1/C=C/[C@H](C(C)C)CC/C(C)=C/CC1.CC1CCCC(C)CCC(C(C)C)CC1. The first-order valence-electron chi connectivity index (χ1n) is 19.3. The summed E-state index contributed by atoms with van der Waals surface area (Å²) >= 11 is 0. The molecule has 0 spiro atoms. The van der Waals surface area contributed by atoms with Crippen LogP contribution in [0.25, 0.3) is 0 Å². The van der Waals surface area contributed by atoms with Gasteiger partial charge < -0.3 is 0 Å². The van der Waals surface area contributed by atoms with E-state index in [0.717, 1.165) is 61.2 Å². The Hall–Kier alpha value is -1.56. The van der Waals surface area contributed by atoms with Crippen molar-refractivity contribution in [2.75, 3.05) is 0 Å². The molecule has 0 heteroatoms. The molecule has 45 heavy (non-hydrogen) atoms. The minimum atomic E-state index is 0.711. The lowest BCUT2D eigenvalue weighted by Gasteiger charge is -2.26. The van der Waals surface area contributed by atoms with Gasteiger partial charge >= 0.3 is 0 Å². The molecule has 0 aromatic rings. The van der Waals surface area contributed by atoms with Gasteiger partial charge in [-0.05, 0) is 125 Å². The van der Waals surface area contributed by atoms with Crippen molar-refractivity contribution >= 4 is 0 Å². The van der Waals surface area contributed by atoms with E-state index in [-0.39, 0.29) is 0 Å². The van der Waals surface area contributed by atoms with E-state index in [2.05, 4.69) is 119 Å². The molecule has 1 fully saturated rings. The molecular weight excluding hydrogens is 540 g/mol. The fourth-order valence-electron chi connectivity index (χ4n) is 6.90. The van der Waals surface area contributed by atoms with Gasteiger partial charge in [-0.1, -0.05) is 159 Å². The Kier molecular flexibility index (Phi) is 21.8. The normalized spacial score (nSPS) is 31.6. The Morgan fingerprint density at radius 1 is 0.533 bits per heavy atom. The van der Waals surface area contributed by atoms with Gasteiger partial charge in [-0.15, -0.1) is 0 Å². The third-order valence-electron chi connectivity index (χ3n) is 10.9. The van der Waals surface area contributed by atoms with Crippen LogP contribution in [0.2, 0.25) is 0 Å². The van der Waals surface area contributed by atoms with Crippen molar-refractivity contribution < 1.29 is 0 Å². The van der Waals surface area contributed by atoms with Crippen LogP contribution < -0.4 is 0 Å². The minimum Gasteiger partial charge on any atom is -0.0958 e. The molecule has 0 radical (unpaired) electrons. The maximum Gasteiger partial charge on any atom is -0.0204 e. The molecule has 3 rings (SSSR count). The van der Waals surface area contributed by atoms with Gasteiger partial charge in [-0.3, -0.25) is 0 Å². The van der Waals surface area contributed by atoms with Crippen molar-refractivity contribution in [2.24, 2.45) is 47.3 Å². The maximum absolute atomic E-state index is 4.09. The fraction of sp³-hybridized carbons (Fsp3) is 0.733. The van der Waals surface area contributed by atoms with Crippen LogP contribution in [-0.4, -0.2) is 0 Å². The smallest absolute Gasteiger partial charge is 0.0204 e. The fourth-order valence-corrected chi connectivity index (χ4v) is 6.90. The van der Waals surface area contributed by atoms with Gasteiger partial charge in [0.05, 0.1) is 0 Å². The summed E-state index contributed by atoms with van der Waals surface area (Å²) in [5.74, 6) is 6.72. The first kappa shape index (κ1) is 41.5. The lowest BCUT2D eigenvalue weighted by molar-refractivity contribution is 0.260. The van der Waals surface area contributed by atoms with Crippen molar-refractivity contribution in [3.63, 3.8) is 0 Å². The molecule has 0 saturated heterocycles. The zero-order valence-corrected chi connectivity index (χ0v) is 32.1. The first-order chi connectivity index (χ1) is 21.3. The van der Waals surface area contributed by atoms with E-state index in [1.807, 2.05) is 0 Å². The number of rotatable bonds is 3. The van der Waals surface area contributed by atoms with Crippen LogP contribution in [0.5, 0.6) is 0 Å². The monoisotopic (exact) mass is 619 g/mol. The highest BCUT2D eigenvalue weighted by atomic mass is 14.2. The molecular formula is C45H78. The van der Waals surface area contributed by atoms with Crippen molar-refractivity contribution in [3.05, 3.63) is 71.9 Å². The van der Waals surface area contributed by atoms with Crippen molar-refractivity contribution in [3.8, 4) is 0 Å². The maximum atomic E-state index is 4.09. The minimum absolute atomic E-state index is 0.711. The summed E-state index contributed by atoms with van der Waals surface area (Å²) in [6.45, 7) is 31.6. The summed E-state index contributed by atoms with van der Waals surface area (Å²) in [7, 11) is 0. The third-order valence-corrected chi connectivity index (χ3v) is 10.9. The summed E-state index contributed by atoms with van der Waals surface area (Å²) in [6.07, 6.45) is 33.8. The molecule has 0 amide bonds. The van der Waals surface area contributed by atoms with Gasteiger partial charge in [0.1, 0.15) is 0 Å². The summed E-state index contributed by atoms with van der Waals surface area (Å²) in [4.78, 5) is 0. The molecule has 0 aliphatic heterocycles. The molecule has 2 unspecified atom stereocenters. The van der Waals surface area contributed by atoms with E-state index in [9.17, 15) is 0 Å². The summed E-state index contributed by atoms with van der Waals surface area (Å²) in [6, 6.07) is 0. The molecule has 3 aliphatic rings. The van der Waals surface area contributed by atoms with E-state index in [1.165, 1.54) is 81.8 Å². The van der Waals surface area contributed by atoms with Crippen LogP contribution >= 0.6 is 0 Å². The van der Waals surface area contributed by atoms with E-state index >= 15 is 0 Å². The Labute approximate surface area is 284 Å². The average molecular weight is 619 g/mol. The first-order valence-corrected chi connectivity index (χ1v) is 19.3. The Bertz CT molecular complexity index is 859. The van der Waals surface area contributed by atoms with Crippen LogP contribution in [0.15, 0.2) is 71.9 Å². The summed E-state index contributed by atoms with van der Waals surface area (Å²) in [5, 5.41) is 0. The van der Waals surface area contributed by atoms with Crippen molar-refractivity contribution in [1.29, 1.82) is 0 Å². The van der Waals surface area contributed by atoms with Gasteiger partial charge in [0.2, 0.25) is 0 Å². The topological polar surface area (TPSA) is 0 Å². The number of hydrogen-bond acceptors (Lipinski definition) is 0. The second kappa shape index (κ2) is 23.7. The van der Waals surface area contributed by atoms with Crippen LogP contribution in [0.3, 0.4) is 0 Å². The number of hydrogen-bond donors (Lipinski definition) is 0. The van der Waals surface area contributed by atoms with E-state index in [4.69, 9.17) is 0 Å². The van der Waals surface area contributed by atoms with Crippen LogP contribution in [0.1, 0.15) is 166 Å². The second-order valence-electron chi connectivity index (χ2n) is 16.4. The third kappa shape index (κ3) is 20.3. The molecule has 0 aromatic carbocycles. The standard InChI is InChI=1S/C15H30.2C15H24/c3*1-12(2)15-10-8-13(3)6-5-7-14(4)9-11-15/h12-15H,5-11H2,1-4H3;2*7-8,10,12,15H,3,5-6,9,11H2,1-2,4H3/b;2*10-8+,14-7+/t;2*15-/m.10/s1. The lowest BCUT2D eigenvalue weighted by atomic mass is 9.80. The molecule has 258 valence electrons. The van der Waals surface area contributed by atoms with Crippen LogP contribution in [-0.2, 0) is 0 Å². The second-order valence-corrected chi connectivity index (χ2v) is 16.4. The largest absolute Gasteiger partial charge is 0.0958 e. The van der Waals surface area contributed by atoms with Crippen LogP contribution in [0, 0.1) is 47.3 Å². The van der Waals surface area contributed by atoms with Crippen molar-refractivity contribution in [1.82, 2.24) is 0 Å². The van der Waals surface area contributed by atoms with Gasteiger partial charge in [0, 0.05) is 0 Å². The molecule has 1 saturated carbocycles. The average Bonchev–Trinajstić information content (AvgIpc) is 2.97. The Morgan fingerprint density at radius 2 is 0.933 bits per heavy atom. The molecule has 4 atom stereocenters. The predicted molar refractivity (Wildman–Crippen MR) is 207 cm³/mol. The summed E-state index contributed by atoms with van der Waals surface area (Å²) in [5.41, 5.74) is 5.63. The molecule has 0 heterocycles. The van der Waals surface area contributed by atoms with Crippen LogP contribution in [0.4, 0.5) is 0 Å². The van der Waals surface area contributed by atoms with Gasteiger partial charge in [0.15, 0.2) is 0 Å². The number of allylic oxidation sites excluding steroid dienone is 10. The zero-order chi connectivity index (χ0) is 33.8. The predicted octanol–water partition coefficient (Wildman–Crippen LogP) is 15.1. The van der Waals surface area contributed by atoms with Gasteiger partial charge in [-0.2, -0.15) is 0 Å². The molecule has 0 nitrogen and oxygen atoms in total. The molecule has 0 bridgehead atoms. The summed E-state index contributed by atoms with van der Waals surface area (Å²) < 4.78 is 0. The molecule has 0 N–H and O–H groups in total. The van der Waals surface area contributed by atoms with E-state index in [0.29, 0.717) is 11.8 Å². The van der Waals surface area contributed by atoms with Crippen molar-refractivity contribution in [2.45, 2.75) is 166 Å². The van der Waals surface area contributed by atoms with E-state index in [1.54, 1.807) is 11.1 Å². The quantitative estimate of drug-likeness (QED) is 0.276. The lowest BCUT2D eigenvalue weighted by Crippen LogP contribution is -2.14. The van der Waals surface area contributed by atoms with E-state index < -0.39 is 0 Å². The zero-order valence-electron chi connectivity index (χ0n) is 32.1. The van der Waals surface area contributed by atoms with Gasteiger partial charge in [-0.25, -0.2) is 0 Å². The Balaban J connectivity index is 0.000000337. The highest BCUT2D eigenvalue weighted by Crippen LogP contribution is 2.31. The Morgan fingerprint density at radius 3 is 1.29 bits per heavy atom. The highest BCUT2D eigenvalue weighted by molar-refractivity contribution is 5.18. The highest BCUT2D eigenvalue weighted by Gasteiger charge is 2.18. The molecule has 0 aromatic heterocycles. The molecule has 3 aliphatic carbocycles.